The van der Waals surface area contributed by atoms with Crippen molar-refractivity contribution >= 4 is 5.97 Å². The summed E-state index contributed by atoms with van der Waals surface area (Å²) in [5.41, 5.74) is -1.11. The highest BCUT2D eigenvalue weighted by molar-refractivity contribution is 5.84. The minimum atomic E-state index is -0.755. The summed E-state index contributed by atoms with van der Waals surface area (Å²) in [4.78, 5) is 11.6. The molecule has 0 bridgehead atoms. The lowest BCUT2D eigenvalue weighted by Gasteiger charge is -2.19. The van der Waals surface area contributed by atoms with Crippen molar-refractivity contribution in [3.05, 3.63) is 0 Å². The molecule has 0 saturated carbocycles. The lowest BCUT2D eigenvalue weighted by molar-refractivity contribution is -0.146. The number of methoxy groups -OCH3 is 1. The van der Waals surface area contributed by atoms with Gasteiger partial charge in [0.15, 0.2) is 5.60 Å². The van der Waals surface area contributed by atoms with Crippen LogP contribution in [0.25, 0.3) is 0 Å². The lowest BCUT2D eigenvalue weighted by Crippen LogP contribution is -2.37. The number of ether oxygens (including phenoxy) is 3. The van der Waals surface area contributed by atoms with Crippen molar-refractivity contribution in [1.82, 2.24) is 0 Å². The Hall–Kier alpha value is -0.610. The standard InChI is InChI=1S/C11H18O4/c1-4-11(8-5-6-14-7-8)10(2,15-11)9(12)13-3/h8H,4-7H2,1-3H3. The number of carbonyl (C=O) groups is 1. The van der Waals surface area contributed by atoms with Crippen LogP contribution in [0.5, 0.6) is 0 Å². The molecule has 15 heavy (non-hydrogen) atoms. The van der Waals surface area contributed by atoms with Crippen molar-refractivity contribution in [3.8, 4) is 0 Å². The number of hydrogen-bond donors (Lipinski definition) is 0. The van der Waals surface area contributed by atoms with Gasteiger partial charge in [0.05, 0.1) is 13.7 Å². The maximum atomic E-state index is 11.6. The molecule has 4 heteroatoms. The summed E-state index contributed by atoms with van der Waals surface area (Å²) in [6.45, 7) is 5.33. The first kappa shape index (κ1) is 10.9. The Morgan fingerprint density at radius 1 is 1.60 bits per heavy atom. The van der Waals surface area contributed by atoms with Crippen molar-refractivity contribution in [3.63, 3.8) is 0 Å². The molecule has 0 aromatic rings. The summed E-state index contributed by atoms with van der Waals surface area (Å²) in [6, 6.07) is 0. The molecule has 2 fully saturated rings. The predicted octanol–water partition coefficient (Wildman–Crippen LogP) is 1.13. The number of hydrogen-bond acceptors (Lipinski definition) is 4. The first-order valence-corrected chi connectivity index (χ1v) is 5.47. The van der Waals surface area contributed by atoms with Crippen LogP contribution >= 0.6 is 0 Å². The smallest absolute Gasteiger partial charge is 0.340 e. The molecule has 2 heterocycles. The molecule has 0 aromatic carbocycles. The van der Waals surface area contributed by atoms with Crippen LogP contribution in [0.4, 0.5) is 0 Å². The van der Waals surface area contributed by atoms with Crippen LogP contribution in [0.15, 0.2) is 0 Å². The van der Waals surface area contributed by atoms with Crippen molar-refractivity contribution < 1.29 is 19.0 Å². The van der Waals surface area contributed by atoms with E-state index >= 15 is 0 Å². The Bertz CT molecular complexity index is 272. The third-order valence-corrected chi connectivity index (χ3v) is 3.84. The molecular formula is C11H18O4. The zero-order valence-corrected chi connectivity index (χ0v) is 9.54. The van der Waals surface area contributed by atoms with Crippen molar-refractivity contribution in [2.45, 2.75) is 37.9 Å². The van der Waals surface area contributed by atoms with Gasteiger partial charge in [0.25, 0.3) is 0 Å². The van der Waals surface area contributed by atoms with Gasteiger partial charge in [-0.25, -0.2) is 4.79 Å². The van der Waals surface area contributed by atoms with Gasteiger partial charge in [0, 0.05) is 12.5 Å². The third kappa shape index (κ3) is 1.31. The van der Waals surface area contributed by atoms with Gasteiger partial charge in [-0.05, 0) is 19.8 Å². The lowest BCUT2D eigenvalue weighted by atomic mass is 9.80. The summed E-state index contributed by atoms with van der Waals surface area (Å²) in [7, 11) is 1.40. The fourth-order valence-corrected chi connectivity index (χ4v) is 2.82. The topological polar surface area (TPSA) is 48.1 Å². The summed E-state index contributed by atoms with van der Waals surface area (Å²) in [5, 5.41) is 0. The number of carbonyl (C=O) groups excluding carboxylic acids is 1. The van der Waals surface area contributed by atoms with Gasteiger partial charge in [-0.3, -0.25) is 0 Å². The molecule has 2 saturated heterocycles. The van der Waals surface area contributed by atoms with Crippen LogP contribution in [0, 0.1) is 5.92 Å². The number of esters is 1. The molecule has 2 aliphatic heterocycles. The zero-order valence-electron chi connectivity index (χ0n) is 9.54. The van der Waals surface area contributed by atoms with Crippen LogP contribution in [-0.4, -0.2) is 37.5 Å². The van der Waals surface area contributed by atoms with E-state index in [1.165, 1.54) is 7.11 Å². The van der Waals surface area contributed by atoms with Gasteiger partial charge in [-0.2, -0.15) is 0 Å². The van der Waals surface area contributed by atoms with Crippen LogP contribution in [0.1, 0.15) is 26.7 Å². The first-order valence-electron chi connectivity index (χ1n) is 5.47. The molecule has 0 radical (unpaired) electrons. The Kier molecular flexibility index (Phi) is 2.51. The second-order valence-corrected chi connectivity index (χ2v) is 4.43. The fraction of sp³-hybridized carbons (Fsp3) is 0.909. The second kappa shape index (κ2) is 3.46. The molecule has 0 aromatic heterocycles. The van der Waals surface area contributed by atoms with E-state index in [4.69, 9.17) is 14.2 Å². The molecule has 3 atom stereocenters. The van der Waals surface area contributed by atoms with Crippen LogP contribution in [0.2, 0.25) is 0 Å². The van der Waals surface area contributed by atoms with E-state index < -0.39 is 5.60 Å². The van der Waals surface area contributed by atoms with Gasteiger partial charge in [0.2, 0.25) is 0 Å². The third-order valence-electron chi connectivity index (χ3n) is 3.84. The molecule has 0 amide bonds. The van der Waals surface area contributed by atoms with Crippen LogP contribution in [0.3, 0.4) is 0 Å². The highest BCUT2D eigenvalue weighted by Gasteiger charge is 2.74. The first-order chi connectivity index (χ1) is 7.10. The van der Waals surface area contributed by atoms with Crippen molar-refractivity contribution in [2.24, 2.45) is 5.92 Å². The van der Waals surface area contributed by atoms with Crippen LogP contribution in [-0.2, 0) is 19.0 Å². The molecule has 3 unspecified atom stereocenters. The SMILES string of the molecule is CCC1(C2CCOC2)OC1(C)C(=O)OC. The molecule has 0 aliphatic carbocycles. The van der Waals surface area contributed by atoms with E-state index in [-0.39, 0.29) is 11.6 Å². The van der Waals surface area contributed by atoms with Crippen molar-refractivity contribution in [1.29, 1.82) is 0 Å². The average molecular weight is 214 g/mol. The van der Waals surface area contributed by atoms with Crippen LogP contribution < -0.4 is 0 Å². The van der Waals surface area contributed by atoms with E-state index in [2.05, 4.69) is 0 Å². The maximum absolute atomic E-state index is 11.6. The van der Waals surface area contributed by atoms with E-state index in [1.807, 2.05) is 13.8 Å². The van der Waals surface area contributed by atoms with Gasteiger partial charge in [0.1, 0.15) is 5.60 Å². The van der Waals surface area contributed by atoms with Gasteiger partial charge >= 0.3 is 5.97 Å². The summed E-state index contributed by atoms with van der Waals surface area (Å²) in [5.74, 6) is 0.0582. The Labute approximate surface area is 89.9 Å². The highest BCUT2D eigenvalue weighted by atomic mass is 16.7. The molecule has 86 valence electrons. The second-order valence-electron chi connectivity index (χ2n) is 4.43. The highest BCUT2D eigenvalue weighted by Crippen LogP contribution is 2.57. The number of rotatable bonds is 3. The van der Waals surface area contributed by atoms with Gasteiger partial charge in [-0.1, -0.05) is 6.92 Å². The molecule has 0 N–H and O–H groups in total. The maximum Gasteiger partial charge on any atom is 0.340 e. The molecule has 4 nitrogen and oxygen atoms in total. The minimum Gasteiger partial charge on any atom is -0.467 e. The Balaban J connectivity index is 2.16. The molecule has 0 spiro atoms. The van der Waals surface area contributed by atoms with E-state index in [0.717, 1.165) is 19.4 Å². The largest absolute Gasteiger partial charge is 0.467 e. The Morgan fingerprint density at radius 3 is 2.80 bits per heavy atom. The zero-order chi connectivity index (χ0) is 11.1. The minimum absolute atomic E-state index is 0.267. The number of epoxide rings is 1. The quantitative estimate of drug-likeness (QED) is 0.522. The summed E-state index contributed by atoms with van der Waals surface area (Å²) >= 11 is 0. The summed E-state index contributed by atoms with van der Waals surface area (Å²) < 4.78 is 15.9. The summed E-state index contributed by atoms with van der Waals surface area (Å²) in [6.07, 6.45) is 1.80. The van der Waals surface area contributed by atoms with Gasteiger partial charge < -0.3 is 14.2 Å². The monoisotopic (exact) mass is 214 g/mol. The fourth-order valence-electron chi connectivity index (χ4n) is 2.82. The normalized spacial score (nSPS) is 44.1. The van der Waals surface area contributed by atoms with Crippen molar-refractivity contribution in [2.75, 3.05) is 20.3 Å². The Morgan fingerprint density at radius 2 is 2.33 bits per heavy atom. The van der Waals surface area contributed by atoms with Gasteiger partial charge in [-0.15, -0.1) is 0 Å². The van der Waals surface area contributed by atoms with E-state index in [0.29, 0.717) is 12.5 Å². The van der Waals surface area contributed by atoms with E-state index in [9.17, 15) is 4.79 Å². The average Bonchev–Trinajstić information content (AvgIpc) is 2.69. The molecular weight excluding hydrogens is 196 g/mol. The molecule has 2 rings (SSSR count). The van der Waals surface area contributed by atoms with E-state index in [1.54, 1.807) is 0 Å². The predicted molar refractivity (Wildman–Crippen MR) is 53.5 cm³/mol. The molecule has 2 aliphatic rings.